The first kappa shape index (κ1) is 15.6. The van der Waals surface area contributed by atoms with E-state index in [9.17, 15) is 5.11 Å². The Hall–Kier alpha value is -2.24. The smallest absolute Gasteiger partial charge is 0.234 e. The molecule has 0 spiro atoms. The Morgan fingerprint density at radius 3 is 2.78 bits per heavy atom. The Kier molecular flexibility index (Phi) is 4.69. The van der Waals surface area contributed by atoms with E-state index in [-0.39, 0.29) is 0 Å². The van der Waals surface area contributed by atoms with Crippen LogP contribution in [0.25, 0.3) is 5.78 Å². The summed E-state index contributed by atoms with van der Waals surface area (Å²) in [5.74, 6) is 0.726. The predicted octanol–water partition coefficient (Wildman–Crippen LogP) is 2.04. The molecular weight excluding hydrogens is 288 g/mol. The van der Waals surface area contributed by atoms with Crippen LogP contribution in [0.5, 0.6) is 0 Å². The van der Waals surface area contributed by atoms with Gasteiger partial charge in [0.25, 0.3) is 0 Å². The Morgan fingerprint density at radius 1 is 1.22 bits per heavy atom. The topological polar surface area (TPSA) is 62.5 Å². The third-order valence-electron chi connectivity index (χ3n) is 3.86. The highest BCUT2D eigenvalue weighted by atomic mass is 16.3. The fourth-order valence-electron chi connectivity index (χ4n) is 2.85. The van der Waals surface area contributed by atoms with Gasteiger partial charge >= 0.3 is 0 Å². The molecule has 0 aliphatic heterocycles. The summed E-state index contributed by atoms with van der Waals surface area (Å²) >= 11 is 0. The van der Waals surface area contributed by atoms with Crippen molar-refractivity contribution < 1.29 is 5.11 Å². The van der Waals surface area contributed by atoms with Crippen LogP contribution < -0.4 is 5.32 Å². The summed E-state index contributed by atoms with van der Waals surface area (Å²) in [4.78, 5) is 8.79. The number of imidazole rings is 1. The standard InChI is InChI=1S/C18H22N4O/c1-13-8-14(2)22-16(11-20-18(22)21-13)10-19-12-17(23)9-15-6-4-3-5-7-15/h3-8,11,17,19,23H,9-10,12H2,1-2H3. The highest BCUT2D eigenvalue weighted by Gasteiger charge is 2.09. The largest absolute Gasteiger partial charge is 0.391 e. The lowest BCUT2D eigenvalue weighted by molar-refractivity contribution is 0.171. The summed E-state index contributed by atoms with van der Waals surface area (Å²) < 4.78 is 2.05. The van der Waals surface area contributed by atoms with E-state index >= 15 is 0 Å². The van der Waals surface area contributed by atoms with E-state index in [1.165, 1.54) is 0 Å². The van der Waals surface area contributed by atoms with Crippen molar-refractivity contribution in [1.82, 2.24) is 19.7 Å². The van der Waals surface area contributed by atoms with E-state index in [2.05, 4.69) is 22.2 Å². The predicted molar refractivity (Wildman–Crippen MR) is 90.3 cm³/mol. The number of aliphatic hydroxyl groups excluding tert-OH is 1. The second kappa shape index (κ2) is 6.89. The second-order valence-electron chi connectivity index (χ2n) is 5.90. The van der Waals surface area contributed by atoms with Gasteiger partial charge in [0.1, 0.15) is 0 Å². The molecule has 0 radical (unpaired) electrons. The van der Waals surface area contributed by atoms with E-state index in [4.69, 9.17) is 0 Å². The van der Waals surface area contributed by atoms with Gasteiger partial charge in [0.05, 0.1) is 18.0 Å². The van der Waals surface area contributed by atoms with E-state index in [0.29, 0.717) is 19.5 Å². The van der Waals surface area contributed by atoms with Gasteiger partial charge in [-0.25, -0.2) is 9.97 Å². The average molecular weight is 310 g/mol. The van der Waals surface area contributed by atoms with Crippen LogP contribution in [0.1, 0.15) is 22.6 Å². The van der Waals surface area contributed by atoms with Crippen molar-refractivity contribution in [2.24, 2.45) is 0 Å². The molecular formula is C18H22N4O. The fourth-order valence-corrected chi connectivity index (χ4v) is 2.85. The van der Waals surface area contributed by atoms with Crippen LogP contribution in [0, 0.1) is 13.8 Å². The monoisotopic (exact) mass is 310 g/mol. The molecule has 0 aliphatic rings. The maximum atomic E-state index is 10.1. The minimum Gasteiger partial charge on any atom is -0.391 e. The van der Waals surface area contributed by atoms with Crippen LogP contribution in [0.4, 0.5) is 0 Å². The van der Waals surface area contributed by atoms with Crippen molar-refractivity contribution >= 4 is 5.78 Å². The van der Waals surface area contributed by atoms with Crippen molar-refractivity contribution in [2.75, 3.05) is 6.54 Å². The number of hydrogen-bond donors (Lipinski definition) is 2. The average Bonchev–Trinajstić information content (AvgIpc) is 2.91. The Morgan fingerprint density at radius 2 is 2.00 bits per heavy atom. The Balaban J connectivity index is 1.59. The van der Waals surface area contributed by atoms with Gasteiger partial charge in [-0.2, -0.15) is 0 Å². The van der Waals surface area contributed by atoms with E-state index in [0.717, 1.165) is 28.4 Å². The molecule has 0 bridgehead atoms. The summed E-state index contributed by atoms with van der Waals surface area (Å²) in [7, 11) is 0. The van der Waals surface area contributed by atoms with Crippen molar-refractivity contribution in [3.8, 4) is 0 Å². The van der Waals surface area contributed by atoms with Crippen molar-refractivity contribution in [1.29, 1.82) is 0 Å². The number of hydrogen-bond acceptors (Lipinski definition) is 4. The molecule has 2 N–H and O–H groups in total. The van der Waals surface area contributed by atoms with Gasteiger partial charge in [-0.3, -0.25) is 4.40 Å². The molecule has 0 saturated heterocycles. The number of aliphatic hydroxyl groups is 1. The molecule has 0 saturated carbocycles. The van der Waals surface area contributed by atoms with Crippen molar-refractivity contribution in [3.63, 3.8) is 0 Å². The van der Waals surface area contributed by atoms with Gasteiger partial charge < -0.3 is 10.4 Å². The minimum atomic E-state index is -0.405. The highest BCUT2D eigenvalue weighted by molar-refractivity contribution is 5.35. The maximum absolute atomic E-state index is 10.1. The van der Waals surface area contributed by atoms with Crippen LogP contribution in [0.15, 0.2) is 42.6 Å². The SMILES string of the molecule is Cc1cc(C)n2c(CNCC(O)Cc3ccccc3)cnc2n1. The zero-order chi connectivity index (χ0) is 16.2. The molecule has 2 aromatic heterocycles. The molecule has 0 fully saturated rings. The molecule has 2 heterocycles. The molecule has 3 aromatic rings. The van der Waals surface area contributed by atoms with Gasteiger partial charge in [-0.05, 0) is 31.9 Å². The highest BCUT2D eigenvalue weighted by Crippen LogP contribution is 2.10. The van der Waals surface area contributed by atoms with Gasteiger partial charge in [0.15, 0.2) is 0 Å². The fraction of sp³-hybridized carbons (Fsp3) is 0.333. The molecule has 0 amide bonds. The molecule has 5 heteroatoms. The number of aryl methyl sites for hydroxylation is 2. The maximum Gasteiger partial charge on any atom is 0.234 e. The lowest BCUT2D eigenvalue weighted by Crippen LogP contribution is -2.28. The quantitative estimate of drug-likeness (QED) is 0.731. The summed E-state index contributed by atoms with van der Waals surface area (Å²) in [6, 6.07) is 12.1. The molecule has 1 unspecified atom stereocenters. The van der Waals surface area contributed by atoms with Crippen molar-refractivity contribution in [3.05, 3.63) is 65.2 Å². The molecule has 0 aliphatic carbocycles. The van der Waals surface area contributed by atoms with E-state index in [1.54, 1.807) is 0 Å². The first-order valence-electron chi connectivity index (χ1n) is 7.87. The zero-order valence-electron chi connectivity index (χ0n) is 13.5. The third kappa shape index (κ3) is 3.75. The van der Waals surface area contributed by atoms with Crippen LogP contribution in [0.3, 0.4) is 0 Å². The summed E-state index contributed by atoms with van der Waals surface area (Å²) in [5, 5.41) is 13.4. The lowest BCUT2D eigenvalue weighted by Gasteiger charge is -2.12. The van der Waals surface area contributed by atoms with Crippen LogP contribution >= 0.6 is 0 Å². The number of aromatic nitrogens is 3. The van der Waals surface area contributed by atoms with Crippen LogP contribution in [-0.2, 0) is 13.0 Å². The Labute approximate surface area is 136 Å². The van der Waals surface area contributed by atoms with Gasteiger partial charge in [0, 0.05) is 24.5 Å². The van der Waals surface area contributed by atoms with Crippen LogP contribution in [-0.4, -0.2) is 32.1 Å². The zero-order valence-corrected chi connectivity index (χ0v) is 13.5. The molecule has 120 valence electrons. The van der Waals surface area contributed by atoms with Gasteiger partial charge in [-0.15, -0.1) is 0 Å². The normalized spacial score (nSPS) is 12.7. The number of nitrogens with zero attached hydrogens (tertiary/aromatic N) is 3. The first-order valence-corrected chi connectivity index (χ1v) is 7.87. The third-order valence-corrected chi connectivity index (χ3v) is 3.86. The second-order valence-corrected chi connectivity index (χ2v) is 5.90. The van der Waals surface area contributed by atoms with Crippen LogP contribution in [0.2, 0.25) is 0 Å². The molecule has 1 atom stereocenters. The first-order chi connectivity index (χ1) is 11.1. The number of nitrogens with one attached hydrogen (secondary N) is 1. The molecule has 3 rings (SSSR count). The molecule has 1 aromatic carbocycles. The number of fused-ring (bicyclic) bond motifs is 1. The van der Waals surface area contributed by atoms with Gasteiger partial charge in [0.2, 0.25) is 5.78 Å². The molecule has 23 heavy (non-hydrogen) atoms. The Bertz CT molecular complexity index is 782. The minimum absolute atomic E-state index is 0.405. The summed E-state index contributed by atoms with van der Waals surface area (Å²) in [6.07, 6.45) is 2.09. The van der Waals surface area contributed by atoms with Gasteiger partial charge in [-0.1, -0.05) is 30.3 Å². The van der Waals surface area contributed by atoms with Crippen molar-refractivity contribution in [2.45, 2.75) is 32.9 Å². The molecule has 5 nitrogen and oxygen atoms in total. The van der Waals surface area contributed by atoms with E-state index < -0.39 is 6.10 Å². The summed E-state index contributed by atoms with van der Waals surface area (Å²) in [5.41, 5.74) is 4.29. The lowest BCUT2D eigenvalue weighted by atomic mass is 10.1. The van der Waals surface area contributed by atoms with E-state index in [1.807, 2.05) is 53.9 Å². The number of benzene rings is 1. The summed E-state index contributed by atoms with van der Waals surface area (Å²) in [6.45, 7) is 5.22. The number of rotatable bonds is 6.